The van der Waals surface area contributed by atoms with Crippen LogP contribution in [0.5, 0.6) is 0 Å². The molecule has 1 saturated heterocycles. The van der Waals surface area contributed by atoms with E-state index in [9.17, 15) is 4.79 Å². The Morgan fingerprint density at radius 1 is 1.52 bits per heavy atom. The van der Waals surface area contributed by atoms with Gasteiger partial charge in [0.25, 0.3) is 5.91 Å². The summed E-state index contributed by atoms with van der Waals surface area (Å²) in [7, 11) is 0. The van der Waals surface area contributed by atoms with E-state index < -0.39 is 0 Å². The second-order valence-corrected chi connectivity index (χ2v) is 7.17. The second-order valence-electron chi connectivity index (χ2n) is 5.03. The van der Waals surface area contributed by atoms with Gasteiger partial charge in [0.15, 0.2) is 0 Å². The van der Waals surface area contributed by atoms with Crippen LogP contribution in [0.2, 0.25) is 0 Å². The number of carbonyl (C=O) groups is 1. The minimum Gasteiger partial charge on any atom is -0.347 e. The van der Waals surface area contributed by atoms with Crippen LogP contribution in [0.4, 0.5) is 0 Å². The average molecular weight is 413 g/mol. The summed E-state index contributed by atoms with van der Waals surface area (Å²) >= 11 is 3.83. The maximum absolute atomic E-state index is 12.1. The monoisotopic (exact) mass is 413 g/mol. The molecule has 1 unspecified atom stereocenters. The maximum atomic E-state index is 12.1. The number of nitrogens with one attached hydrogen (secondary N) is 2. The molecule has 0 bridgehead atoms. The predicted molar refractivity (Wildman–Crippen MR) is 92.4 cm³/mol. The Kier molecular flexibility index (Phi) is 4.87. The van der Waals surface area contributed by atoms with Crippen LogP contribution in [0.25, 0.3) is 0 Å². The van der Waals surface area contributed by atoms with E-state index in [2.05, 4.69) is 44.3 Å². The van der Waals surface area contributed by atoms with Crippen LogP contribution >= 0.6 is 33.9 Å². The minimum absolute atomic E-state index is 0.102. The van der Waals surface area contributed by atoms with Gasteiger partial charge in [-0.2, -0.15) is 0 Å². The highest BCUT2D eigenvalue weighted by molar-refractivity contribution is 14.1. The van der Waals surface area contributed by atoms with Crippen LogP contribution in [-0.2, 0) is 6.54 Å². The molecule has 1 aromatic heterocycles. The third-order valence-corrected chi connectivity index (χ3v) is 5.08. The summed E-state index contributed by atoms with van der Waals surface area (Å²) in [5, 5.41) is 9.20. The molecular weight excluding hydrogens is 397 g/mol. The number of hydrogen-bond acceptors (Lipinski definition) is 4. The van der Waals surface area contributed by atoms with Crippen molar-refractivity contribution in [2.45, 2.75) is 25.4 Å². The molecular formula is C15H16IN3OS. The molecule has 2 heterocycles. The number of hydrogen-bond donors (Lipinski definition) is 2. The van der Waals surface area contributed by atoms with Crippen molar-refractivity contribution < 1.29 is 4.79 Å². The molecule has 1 atom stereocenters. The maximum Gasteiger partial charge on any atom is 0.271 e. The lowest BCUT2D eigenvalue weighted by molar-refractivity contribution is 0.0946. The third kappa shape index (κ3) is 3.81. The molecule has 2 aromatic rings. The van der Waals surface area contributed by atoms with Crippen molar-refractivity contribution in [1.82, 2.24) is 15.6 Å². The summed E-state index contributed by atoms with van der Waals surface area (Å²) in [5.74, 6) is -0.102. The zero-order valence-corrected chi connectivity index (χ0v) is 14.4. The van der Waals surface area contributed by atoms with Crippen molar-refractivity contribution >= 4 is 39.8 Å². The fourth-order valence-corrected chi connectivity index (χ4v) is 3.88. The van der Waals surface area contributed by atoms with Crippen LogP contribution in [0, 0.1) is 3.57 Å². The van der Waals surface area contributed by atoms with Crippen molar-refractivity contribution in [3.63, 3.8) is 0 Å². The van der Waals surface area contributed by atoms with Crippen molar-refractivity contribution in [3.8, 4) is 0 Å². The van der Waals surface area contributed by atoms with Crippen LogP contribution in [0.15, 0.2) is 29.6 Å². The molecule has 1 aliphatic rings. The normalized spacial score (nSPS) is 17.9. The molecule has 3 rings (SSSR count). The van der Waals surface area contributed by atoms with Gasteiger partial charge in [-0.25, -0.2) is 4.98 Å². The van der Waals surface area contributed by atoms with E-state index in [-0.39, 0.29) is 5.91 Å². The Bertz CT molecular complexity index is 637. The number of carbonyl (C=O) groups excluding carboxylic acids is 1. The first-order chi connectivity index (χ1) is 10.2. The number of benzene rings is 1. The first-order valence-electron chi connectivity index (χ1n) is 6.94. The molecule has 110 valence electrons. The predicted octanol–water partition coefficient (Wildman–Crippen LogP) is 3.10. The van der Waals surface area contributed by atoms with E-state index in [0.29, 0.717) is 18.3 Å². The topological polar surface area (TPSA) is 54.0 Å². The van der Waals surface area contributed by atoms with Crippen LogP contribution in [0.1, 0.15) is 39.9 Å². The highest BCUT2D eigenvalue weighted by Gasteiger charge is 2.20. The van der Waals surface area contributed by atoms with Gasteiger partial charge in [0.1, 0.15) is 10.7 Å². The molecule has 21 heavy (non-hydrogen) atoms. The Labute approximate surface area is 141 Å². The fourth-order valence-electron chi connectivity index (χ4n) is 2.37. The van der Waals surface area contributed by atoms with E-state index in [1.165, 1.54) is 9.99 Å². The highest BCUT2D eigenvalue weighted by Crippen LogP contribution is 2.25. The Morgan fingerprint density at radius 3 is 3.19 bits per heavy atom. The number of aromatic nitrogens is 1. The fraction of sp³-hybridized carbons (Fsp3) is 0.333. The summed E-state index contributed by atoms with van der Waals surface area (Å²) < 4.78 is 1.17. The van der Waals surface area contributed by atoms with Gasteiger partial charge < -0.3 is 10.6 Å². The summed E-state index contributed by atoms with van der Waals surface area (Å²) in [6, 6.07) is 8.43. The van der Waals surface area contributed by atoms with Gasteiger partial charge in [-0.1, -0.05) is 12.1 Å². The Morgan fingerprint density at radius 2 is 2.43 bits per heavy atom. The van der Waals surface area contributed by atoms with E-state index in [1.807, 2.05) is 23.6 Å². The average Bonchev–Trinajstić information content (AvgIpc) is 3.15. The molecule has 1 amide bonds. The summed E-state index contributed by atoms with van der Waals surface area (Å²) in [4.78, 5) is 16.6. The van der Waals surface area contributed by atoms with Crippen molar-refractivity contribution in [1.29, 1.82) is 0 Å². The van der Waals surface area contributed by atoms with Gasteiger partial charge in [-0.15, -0.1) is 11.3 Å². The number of thiazole rings is 1. The van der Waals surface area contributed by atoms with E-state index in [1.54, 1.807) is 11.3 Å². The van der Waals surface area contributed by atoms with Gasteiger partial charge in [-0.05, 0) is 59.7 Å². The lowest BCUT2D eigenvalue weighted by atomic mass is 10.2. The quantitative estimate of drug-likeness (QED) is 0.758. The Balaban J connectivity index is 1.60. The largest absolute Gasteiger partial charge is 0.347 e. The first kappa shape index (κ1) is 14.9. The van der Waals surface area contributed by atoms with Crippen molar-refractivity contribution in [2.24, 2.45) is 0 Å². The lowest BCUT2D eigenvalue weighted by Gasteiger charge is -2.05. The van der Waals surface area contributed by atoms with Crippen LogP contribution in [0.3, 0.4) is 0 Å². The third-order valence-electron chi connectivity index (χ3n) is 3.46. The number of nitrogens with zero attached hydrogens (tertiary/aromatic N) is 1. The Hall–Kier alpha value is -0.990. The van der Waals surface area contributed by atoms with E-state index in [4.69, 9.17) is 0 Å². The first-order valence-corrected chi connectivity index (χ1v) is 8.89. The molecule has 1 aromatic carbocycles. The molecule has 0 spiro atoms. The minimum atomic E-state index is -0.102. The van der Waals surface area contributed by atoms with Crippen LogP contribution < -0.4 is 10.6 Å². The van der Waals surface area contributed by atoms with Gasteiger partial charge in [-0.3, -0.25) is 4.79 Å². The van der Waals surface area contributed by atoms with Crippen molar-refractivity contribution in [3.05, 3.63) is 49.5 Å². The lowest BCUT2D eigenvalue weighted by Crippen LogP contribution is -2.23. The molecule has 1 aliphatic heterocycles. The highest BCUT2D eigenvalue weighted by atomic mass is 127. The smallest absolute Gasteiger partial charge is 0.271 e. The molecule has 0 saturated carbocycles. The van der Waals surface area contributed by atoms with Gasteiger partial charge in [0.2, 0.25) is 0 Å². The van der Waals surface area contributed by atoms with Gasteiger partial charge in [0.05, 0.1) is 6.04 Å². The standard InChI is InChI=1S/C15H16IN3OS/c16-11-4-1-3-10(7-11)8-18-14(20)13-9-21-15(19-13)12-5-2-6-17-12/h1,3-4,7,9,12,17H,2,5-6,8H2,(H,18,20). The van der Waals surface area contributed by atoms with Gasteiger partial charge >= 0.3 is 0 Å². The molecule has 6 heteroatoms. The SMILES string of the molecule is O=C(NCc1cccc(I)c1)c1csc(C2CCCN2)n1. The summed E-state index contributed by atoms with van der Waals surface area (Å²) in [5.41, 5.74) is 1.62. The van der Waals surface area contributed by atoms with Crippen molar-refractivity contribution in [2.75, 3.05) is 6.54 Å². The number of rotatable bonds is 4. The molecule has 1 fully saturated rings. The molecule has 2 N–H and O–H groups in total. The number of amides is 1. The zero-order chi connectivity index (χ0) is 14.7. The van der Waals surface area contributed by atoms with Gasteiger partial charge in [0, 0.05) is 15.5 Å². The molecule has 4 nitrogen and oxygen atoms in total. The van der Waals surface area contributed by atoms with E-state index >= 15 is 0 Å². The number of halogens is 1. The summed E-state index contributed by atoms with van der Waals surface area (Å²) in [6.45, 7) is 1.57. The molecule has 0 aliphatic carbocycles. The van der Waals surface area contributed by atoms with Crippen LogP contribution in [-0.4, -0.2) is 17.4 Å². The molecule has 0 radical (unpaired) electrons. The zero-order valence-electron chi connectivity index (χ0n) is 11.4. The van der Waals surface area contributed by atoms with E-state index in [0.717, 1.165) is 23.5 Å². The summed E-state index contributed by atoms with van der Waals surface area (Å²) in [6.07, 6.45) is 2.29. The second kappa shape index (κ2) is 6.85.